The van der Waals surface area contributed by atoms with Crippen LogP contribution in [-0.4, -0.2) is 42.0 Å². The van der Waals surface area contributed by atoms with Crippen molar-refractivity contribution in [2.45, 2.75) is 39.7 Å². The molecular formula is C23H31N3O. The number of nitrogens with one attached hydrogen (secondary N) is 1. The van der Waals surface area contributed by atoms with E-state index in [0.29, 0.717) is 6.04 Å². The summed E-state index contributed by atoms with van der Waals surface area (Å²) in [4.78, 5) is 17.2. The van der Waals surface area contributed by atoms with Crippen molar-refractivity contribution in [1.29, 1.82) is 0 Å². The Morgan fingerprint density at radius 2 is 1.52 bits per heavy atom. The summed E-state index contributed by atoms with van der Waals surface area (Å²) < 4.78 is 0. The number of urea groups is 1. The Morgan fingerprint density at radius 3 is 2.07 bits per heavy atom. The van der Waals surface area contributed by atoms with Crippen LogP contribution in [0, 0.1) is 0 Å². The van der Waals surface area contributed by atoms with Gasteiger partial charge in [0.15, 0.2) is 0 Å². The first-order valence-corrected chi connectivity index (χ1v) is 10.1. The summed E-state index contributed by atoms with van der Waals surface area (Å²) in [5, 5.41) is 3.19. The first-order chi connectivity index (χ1) is 13.1. The topological polar surface area (TPSA) is 35.6 Å². The van der Waals surface area contributed by atoms with Crippen LogP contribution in [0.3, 0.4) is 0 Å². The number of carbonyl (C=O) groups excluding carboxylic acids is 1. The van der Waals surface area contributed by atoms with E-state index in [4.69, 9.17) is 0 Å². The maximum Gasteiger partial charge on any atom is 0.321 e. The second-order valence-corrected chi connectivity index (χ2v) is 7.20. The zero-order chi connectivity index (χ0) is 19.2. The molecule has 1 saturated heterocycles. The normalized spacial score (nSPS) is 16.2. The average molecular weight is 366 g/mol. The molecule has 1 unspecified atom stereocenters. The summed E-state index contributed by atoms with van der Waals surface area (Å²) in [7, 11) is 0. The summed E-state index contributed by atoms with van der Waals surface area (Å²) in [5.41, 5.74) is 4.76. The van der Waals surface area contributed by atoms with Crippen molar-refractivity contribution >= 4 is 11.7 Å². The summed E-state index contributed by atoms with van der Waals surface area (Å²) in [6.07, 6.45) is 1.84. The molecule has 2 amide bonds. The molecule has 0 bridgehead atoms. The minimum atomic E-state index is 0.0256. The van der Waals surface area contributed by atoms with Crippen molar-refractivity contribution in [3.63, 3.8) is 0 Å². The second-order valence-electron chi connectivity index (χ2n) is 7.20. The van der Waals surface area contributed by atoms with E-state index >= 15 is 0 Å². The van der Waals surface area contributed by atoms with Gasteiger partial charge in [0, 0.05) is 37.9 Å². The van der Waals surface area contributed by atoms with E-state index in [1.807, 2.05) is 4.90 Å². The van der Waals surface area contributed by atoms with Gasteiger partial charge in [-0.1, -0.05) is 62.4 Å². The van der Waals surface area contributed by atoms with Crippen LogP contribution in [0.15, 0.2) is 48.5 Å². The van der Waals surface area contributed by atoms with Crippen LogP contribution in [-0.2, 0) is 12.8 Å². The molecule has 4 heteroatoms. The van der Waals surface area contributed by atoms with Crippen molar-refractivity contribution in [1.82, 2.24) is 9.80 Å². The van der Waals surface area contributed by atoms with Crippen LogP contribution in [0.25, 0.3) is 0 Å². The summed E-state index contributed by atoms with van der Waals surface area (Å²) in [6.45, 7) is 9.84. The summed E-state index contributed by atoms with van der Waals surface area (Å²) >= 11 is 0. The molecule has 2 aromatic carbocycles. The predicted octanol–water partition coefficient (Wildman–Crippen LogP) is 4.72. The van der Waals surface area contributed by atoms with Gasteiger partial charge in [0.1, 0.15) is 0 Å². The molecule has 4 nitrogen and oxygen atoms in total. The van der Waals surface area contributed by atoms with Crippen molar-refractivity contribution < 1.29 is 4.79 Å². The Kier molecular flexibility index (Phi) is 6.51. The van der Waals surface area contributed by atoms with Gasteiger partial charge in [-0.25, -0.2) is 4.79 Å². The molecule has 1 aliphatic rings. The Balaban J connectivity index is 1.61. The number of piperazine rings is 1. The highest BCUT2D eigenvalue weighted by molar-refractivity contribution is 5.91. The maximum absolute atomic E-state index is 12.8. The quantitative estimate of drug-likeness (QED) is 0.832. The molecule has 0 radical (unpaired) electrons. The molecule has 0 aliphatic carbocycles. The smallest absolute Gasteiger partial charge is 0.321 e. The Hall–Kier alpha value is -2.33. The molecule has 1 aliphatic heterocycles. The van der Waals surface area contributed by atoms with Gasteiger partial charge in [-0.15, -0.1) is 0 Å². The third-order valence-electron chi connectivity index (χ3n) is 5.66. The van der Waals surface area contributed by atoms with Crippen LogP contribution >= 0.6 is 0 Å². The van der Waals surface area contributed by atoms with E-state index in [9.17, 15) is 4.79 Å². The lowest BCUT2D eigenvalue weighted by Gasteiger charge is -2.38. The highest BCUT2D eigenvalue weighted by Crippen LogP contribution is 2.24. The molecule has 0 aromatic heterocycles. The van der Waals surface area contributed by atoms with Crippen LogP contribution in [0.2, 0.25) is 0 Å². The Morgan fingerprint density at radius 1 is 0.926 bits per heavy atom. The van der Waals surface area contributed by atoms with Gasteiger partial charge >= 0.3 is 6.03 Å². The summed E-state index contributed by atoms with van der Waals surface area (Å²) in [6, 6.07) is 17.3. The van der Waals surface area contributed by atoms with Gasteiger partial charge in [-0.3, -0.25) is 4.90 Å². The van der Waals surface area contributed by atoms with Crippen molar-refractivity contribution in [2.24, 2.45) is 0 Å². The van der Waals surface area contributed by atoms with Crippen LogP contribution < -0.4 is 5.32 Å². The number of carbonyl (C=O) groups is 1. The standard InChI is InChI=1S/C23H31N3O/c1-4-19-12-9-13-20(5-2)22(19)24-23(27)26-16-14-25(15-17-26)18(3)21-10-7-6-8-11-21/h6-13,18H,4-5,14-17H2,1-3H3,(H,24,27). The fourth-order valence-corrected chi connectivity index (χ4v) is 3.84. The molecule has 1 heterocycles. The number of anilines is 1. The number of para-hydroxylation sites is 1. The first-order valence-electron chi connectivity index (χ1n) is 10.1. The molecule has 0 saturated carbocycles. The predicted molar refractivity (Wildman–Crippen MR) is 112 cm³/mol. The SMILES string of the molecule is CCc1cccc(CC)c1NC(=O)N1CCN(C(C)c2ccccc2)CC1. The van der Waals surface area contributed by atoms with Gasteiger partial charge in [0.25, 0.3) is 0 Å². The number of aryl methyl sites for hydroxylation is 2. The van der Waals surface area contributed by atoms with E-state index in [1.54, 1.807) is 0 Å². The number of benzene rings is 2. The summed E-state index contributed by atoms with van der Waals surface area (Å²) in [5.74, 6) is 0. The fraction of sp³-hybridized carbons (Fsp3) is 0.435. The first kappa shape index (κ1) is 19.4. The van der Waals surface area contributed by atoms with Gasteiger partial charge in [0.05, 0.1) is 0 Å². The van der Waals surface area contributed by atoms with Gasteiger partial charge in [-0.05, 0) is 36.5 Å². The highest BCUT2D eigenvalue weighted by Gasteiger charge is 2.25. The van der Waals surface area contributed by atoms with Crippen LogP contribution in [0.1, 0.15) is 43.5 Å². The lowest BCUT2D eigenvalue weighted by Crippen LogP contribution is -2.50. The van der Waals surface area contributed by atoms with E-state index in [1.165, 1.54) is 16.7 Å². The highest BCUT2D eigenvalue weighted by atomic mass is 16.2. The Bertz CT molecular complexity index is 729. The fourth-order valence-electron chi connectivity index (χ4n) is 3.84. The minimum absolute atomic E-state index is 0.0256. The average Bonchev–Trinajstić information content (AvgIpc) is 2.74. The zero-order valence-electron chi connectivity index (χ0n) is 16.7. The molecule has 27 heavy (non-hydrogen) atoms. The Labute approximate surface area is 163 Å². The van der Waals surface area contributed by atoms with E-state index < -0.39 is 0 Å². The van der Waals surface area contributed by atoms with E-state index in [-0.39, 0.29) is 6.03 Å². The molecule has 0 spiro atoms. The second kappa shape index (κ2) is 9.05. The molecule has 2 aromatic rings. The van der Waals surface area contributed by atoms with Gasteiger partial charge in [0.2, 0.25) is 0 Å². The van der Waals surface area contributed by atoms with Crippen molar-refractivity contribution in [2.75, 3.05) is 31.5 Å². The number of hydrogen-bond donors (Lipinski definition) is 1. The molecule has 1 atom stereocenters. The van der Waals surface area contributed by atoms with Crippen molar-refractivity contribution in [3.05, 3.63) is 65.2 Å². The number of nitrogens with zero attached hydrogens (tertiary/aromatic N) is 2. The largest absolute Gasteiger partial charge is 0.322 e. The van der Waals surface area contributed by atoms with E-state index in [0.717, 1.165) is 44.7 Å². The molecule has 144 valence electrons. The molecular weight excluding hydrogens is 334 g/mol. The molecule has 1 fully saturated rings. The van der Waals surface area contributed by atoms with E-state index in [2.05, 4.69) is 79.5 Å². The lowest BCUT2D eigenvalue weighted by molar-refractivity contribution is 0.119. The van der Waals surface area contributed by atoms with Gasteiger partial charge < -0.3 is 10.2 Å². The van der Waals surface area contributed by atoms with Gasteiger partial charge in [-0.2, -0.15) is 0 Å². The minimum Gasteiger partial charge on any atom is -0.322 e. The number of amides is 2. The van der Waals surface area contributed by atoms with Crippen LogP contribution in [0.4, 0.5) is 10.5 Å². The van der Waals surface area contributed by atoms with Crippen LogP contribution in [0.5, 0.6) is 0 Å². The number of rotatable bonds is 5. The third-order valence-corrected chi connectivity index (χ3v) is 5.66. The zero-order valence-corrected chi connectivity index (χ0v) is 16.7. The maximum atomic E-state index is 12.8. The monoisotopic (exact) mass is 365 g/mol. The molecule has 3 rings (SSSR count). The lowest BCUT2D eigenvalue weighted by atomic mass is 10.0. The van der Waals surface area contributed by atoms with Crippen molar-refractivity contribution in [3.8, 4) is 0 Å². The third kappa shape index (κ3) is 4.51. The molecule has 1 N–H and O–H groups in total. The number of hydrogen-bond acceptors (Lipinski definition) is 2.